The number of aliphatic hydroxyl groups is 1. The van der Waals surface area contributed by atoms with Crippen LogP contribution in [0.4, 0.5) is 8.78 Å². The van der Waals surface area contributed by atoms with Crippen LogP contribution in [-0.2, 0) is 7.05 Å². The Morgan fingerprint density at radius 1 is 1.27 bits per heavy atom. The normalized spacial score (nSPS) is 12.0. The lowest BCUT2D eigenvalue weighted by molar-refractivity contribution is 0.0910. The monoisotopic (exact) mass is 308 g/mol. The van der Waals surface area contributed by atoms with Crippen LogP contribution in [0.25, 0.3) is 0 Å². The van der Waals surface area contributed by atoms with Crippen LogP contribution in [0.1, 0.15) is 22.0 Å². The van der Waals surface area contributed by atoms with E-state index < -0.39 is 29.2 Å². The number of carbonyl (C=O) groups excluding carboxylic acids is 1. The molecule has 0 aliphatic rings. The van der Waals surface area contributed by atoms with Gasteiger partial charge in [-0.2, -0.15) is 0 Å². The molecule has 0 aliphatic heterocycles. The lowest BCUT2D eigenvalue weighted by Crippen LogP contribution is -2.30. The smallest absolute Gasteiger partial charge is 0.252 e. The first-order valence-corrected chi connectivity index (χ1v) is 6.47. The summed E-state index contributed by atoms with van der Waals surface area (Å²) in [5.41, 5.74) is -0.573. The van der Waals surface area contributed by atoms with E-state index in [-0.39, 0.29) is 17.7 Å². The van der Waals surface area contributed by atoms with Gasteiger partial charge in [0.05, 0.1) is 11.1 Å². The van der Waals surface area contributed by atoms with Crippen LogP contribution in [0, 0.1) is 11.6 Å². The van der Waals surface area contributed by atoms with Gasteiger partial charge in [-0.05, 0) is 18.2 Å². The molecule has 22 heavy (non-hydrogen) atoms. The molecular formula is C15H14F2N2O3. The van der Waals surface area contributed by atoms with E-state index in [4.69, 9.17) is 0 Å². The van der Waals surface area contributed by atoms with Crippen molar-refractivity contribution in [3.63, 3.8) is 0 Å². The predicted molar refractivity (Wildman–Crippen MR) is 75.3 cm³/mol. The maximum atomic E-state index is 13.5. The Kier molecular flexibility index (Phi) is 4.67. The molecule has 2 aromatic rings. The van der Waals surface area contributed by atoms with Crippen molar-refractivity contribution in [1.29, 1.82) is 0 Å². The first-order valence-electron chi connectivity index (χ1n) is 6.47. The molecule has 0 spiro atoms. The highest BCUT2D eigenvalue weighted by molar-refractivity contribution is 5.93. The van der Waals surface area contributed by atoms with E-state index in [1.165, 1.54) is 36.0 Å². The van der Waals surface area contributed by atoms with Crippen LogP contribution in [0.3, 0.4) is 0 Å². The number of hydrogen-bond donors (Lipinski definition) is 2. The molecule has 0 fully saturated rings. The number of pyridine rings is 1. The standard InChI is InChI=1S/C15H14F2N2O3/c1-19-8-9(5-6-13(19)21)15(22)18-7-12(20)14-10(16)3-2-4-11(14)17/h2-6,8,12,20H,7H2,1H3,(H,18,22). The zero-order chi connectivity index (χ0) is 16.3. The Balaban J connectivity index is 2.07. The zero-order valence-corrected chi connectivity index (χ0v) is 11.7. The molecule has 1 aromatic carbocycles. The van der Waals surface area contributed by atoms with Gasteiger partial charge in [0.15, 0.2) is 0 Å². The fraction of sp³-hybridized carbons (Fsp3) is 0.200. The maximum absolute atomic E-state index is 13.5. The fourth-order valence-corrected chi connectivity index (χ4v) is 1.95. The first kappa shape index (κ1) is 15.8. The van der Waals surface area contributed by atoms with Crippen molar-refractivity contribution in [3.05, 3.63) is 69.6 Å². The lowest BCUT2D eigenvalue weighted by Gasteiger charge is -2.14. The molecule has 1 amide bonds. The van der Waals surface area contributed by atoms with Crippen LogP contribution >= 0.6 is 0 Å². The summed E-state index contributed by atoms with van der Waals surface area (Å²) in [6.07, 6.45) is -0.189. The van der Waals surface area contributed by atoms with E-state index in [1.54, 1.807) is 0 Å². The summed E-state index contributed by atoms with van der Waals surface area (Å²) in [6.45, 7) is -0.362. The maximum Gasteiger partial charge on any atom is 0.252 e. The number of nitrogens with one attached hydrogen (secondary N) is 1. The molecule has 1 aromatic heterocycles. The van der Waals surface area contributed by atoms with Crippen molar-refractivity contribution in [2.24, 2.45) is 7.05 Å². The minimum atomic E-state index is -1.52. The summed E-state index contributed by atoms with van der Waals surface area (Å²) in [6, 6.07) is 5.78. The summed E-state index contributed by atoms with van der Waals surface area (Å²) in [4.78, 5) is 23.1. The predicted octanol–water partition coefficient (Wildman–Crippen LogP) is 1.13. The Bertz CT molecular complexity index is 738. The molecule has 1 unspecified atom stereocenters. The van der Waals surface area contributed by atoms with Gasteiger partial charge in [-0.25, -0.2) is 8.78 Å². The summed E-state index contributed by atoms with van der Waals surface area (Å²) < 4.78 is 28.2. The second-order valence-electron chi connectivity index (χ2n) is 4.73. The number of benzene rings is 1. The van der Waals surface area contributed by atoms with Gasteiger partial charge in [0.25, 0.3) is 5.91 Å². The van der Waals surface area contributed by atoms with Crippen molar-refractivity contribution in [1.82, 2.24) is 9.88 Å². The molecule has 0 radical (unpaired) electrons. The topological polar surface area (TPSA) is 71.3 Å². The molecule has 5 nitrogen and oxygen atoms in total. The molecule has 1 atom stereocenters. The average molecular weight is 308 g/mol. The molecule has 0 bridgehead atoms. The van der Waals surface area contributed by atoms with E-state index in [1.807, 2.05) is 0 Å². The summed E-state index contributed by atoms with van der Waals surface area (Å²) >= 11 is 0. The van der Waals surface area contributed by atoms with Crippen LogP contribution in [0.2, 0.25) is 0 Å². The van der Waals surface area contributed by atoms with Gasteiger partial charge in [0, 0.05) is 25.9 Å². The van der Waals surface area contributed by atoms with E-state index in [2.05, 4.69) is 5.32 Å². The van der Waals surface area contributed by atoms with E-state index >= 15 is 0 Å². The number of hydrogen-bond acceptors (Lipinski definition) is 3. The quantitative estimate of drug-likeness (QED) is 0.889. The largest absolute Gasteiger partial charge is 0.386 e. The summed E-state index contributed by atoms with van der Waals surface area (Å²) in [7, 11) is 1.49. The highest BCUT2D eigenvalue weighted by Gasteiger charge is 2.18. The number of rotatable bonds is 4. The molecule has 2 N–H and O–H groups in total. The number of halogens is 2. The van der Waals surface area contributed by atoms with Crippen molar-refractivity contribution < 1.29 is 18.7 Å². The minimum Gasteiger partial charge on any atom is -0.386 e. The fourth-order valence-electron chi connectivity index (χ4n) is 1.95. The van der Waals surface area contributed by atoms with Gasteiger partial charge in [0.1, 0.15) is 17.7 Å². The van der Waals surface area contributed by atoms with Gasteiger partial charge in [0.2, 0.25) is 5.56 Å². The van der Waals surface area contributed by atoms with E-state index in [0.717, 1.165) is 12.1 Å². The number of aromatic nitrogens is 1. The van der Waals surface area contributed by atoms with E-state index in [9.17, 15) is 23.5 Å². The third-order valence-electron chi connectivity index (χ3n) is 3.14. The number of nitrogens with zero attached hydrogens (tertiary/aromatic N) is 1. The number of aryl methyl sites for hydroxylation is 1. The average Bonchev–Trinajstić information content (AvgIpc) is 2.47. The molecule has 116 valence electrons. The lowest BCUT2D eigenvalue weighted by atomic mass is 10.1. The van der Waals surface area contributed by atoms with Crippen LogP contribution < -0.4 is 10.9 Å². The summed E-state index contributed by atoms with van der Waals surface area (Å²) in [5, 5.41) is 12.2. The molecule has 2 rings (SSSR count). The minimum absolute atomic E-state index is 0.198. The zero-order valence-electron chi connectivity index (χ0n) is 11.7. The van der Waals surface area contributed by atoms with Crippen molar-refractivity contribution in [3.8, 4) is 0 Å². The van der Waals surface area contributed by atoms with Crippen molar-refractivity contribution in [2.75, 3.05) is 6.54 Å². The van der Waals surface area contributed by atoms with Crippen molar-refractivity contribution in [2.45, 2.75) is 6.10 Å². The van der Waals surface area contributed by atoms with Crippen LogP contribution in [0.15, 0.2) is 41.3 Å². The number of carbonyl (C=O) groups is 1. The molecular weight excluding hydrogens is 294 g/mol. The third-order valence-corrected chi connectivity index (χ3v) is 3.14. The number of amides is 1. The molecule has 0 saturated carbocycles. The van der Waals surface area contributed by atoms with Gasteiger partial charge in [-0.3, -0.25) is 9.59 Å². The number of aliphatic hydroxyl groups excluding tert-OH is 1. The second kappa shape index (κ2) is 6.48. The van der Waals surface area contributed by atoms with Gasteiger partial charge in [-0.1, -0.05) is 6.07 Å². The van der Waals surface area contributed by atoms with Crippen LogP contribution in [-0.4, -0.2) is 22.1 Å². The van der Waals surface area contributed by atoms with Gasteiger partial charge in [-0.15, -0.1) is 0 Å². The SMILES string of the molecule is Cn1cc(C(=O)NCC(O)c2c(F)cccc2F)ccc1=O. The van der Waals surface area contributed by atoms with Gasteiger partial charge < -0.3 is 15.0 Å². The first-order chi connectivity index (χ1) is 10.4. The van der Waals surface area contributed by atoms with Crippen molar-refractivity contribution >= 4 is 5.91 Å². The highest BCUT2D eigenvalue weighted by atomic mass is 19.1. The van der Waals surface area contributed by atoms with Crippen LogP contribution in [0.5, 0.6) is 0 Å². The summed E-state index contributed by atoms with van der Waals surface area (Å²) in [5.74, 6) is -2.33. The second-order valence-corrected chi connectivity index (χ2v) is 4.73. The molecule has 7 heteroatoms. The third kappa shape index (κ3) is 3.37. The Hall–Kier alpha value is -2.54. The van der Waals surface area contributed by atoms with Gasteiger partial charge >= 0.3 is 0 Å². The molecule has 0 saturated heterocycles. The Morgan fingerprint density at radius 2 is 1.91 bits per heavy atom. The Morgan fingerprint density at radius 3 is 2.50 bits per heavy atom. The van der Waals surface area contributed by atoms with E-state index in [0.29, 0.717) is 0 Å². The molecule has 0 aliphatic carbocycles. The Labute approximate surface area is 124 Å². The highest BCUT2D eigenvalue weighted by Crippen LogP contribution is 2.19. The molecule has 1 heterocycles.